The van der Waals surface area contributed by atoms with E-state index in [1.165, 1.54) is 12.1 Å². The van der Waals surface area contributed by atoms with Crippen LogP contribution in [0, 0.1) is 5.92 Å². The fourth-order valence-corrected chi connectivity index (χ4v) is 3.99. The Morgan fingerprint density at radius 1 is 1.00 bits per heavy atom. The average Bonchev–Trinajstić information content (AvgIpc) is 3.08. The second-order valence-corrected chi connectivity index (χ2v) is 8.01. The molecule has 1 fully saturated rings. The van der Waals surface area contributed by atoms with Crippen LogP contribution in [0.4, 0.5) is 5.69 Å². The molecule has 3 rings (SSSR count). The lowest BCUT2D eigenvalue weighted by atomic mass is 10.1. The molecule has 0 spiro atoms. The Morgan fingerprint density at radius 3 is 2.30 bits per heavy atom. The molecule has 27 heavy (non-hydrogen) atoms. The molecule has 2 aromatic rings. The van der Waals surface area contributed by atoms with Crippen LogP contribution in [-0.2, 0) is 19.6 Å². The lowest BCUT2D eigenvalue weighted by Crippen LogP contribution is -2.38. The van der Waals surface area contributed by atoms with Crippen LogP contribution in [0.2, 0.25) is 0 Å². The summed E-state index contributed by atoms with van der Waals surface area (Å²) in [6.07, 6.45) is 0.149. The molecule has 7 nitrogen and oxygen atoms in total. The summed E-state index contributed by atoms with van der Waals surface area (Å²) in [7, 11) is -3.59. The van der Waals surface area contributed by atoms with Gasteiger partial charge >= 0.3 is 0 Å². The maximum Gasteiger partial charge on any atom is 0.240 e. The molecule has 0 radical (unpaired) electrons. The highest BCUT2D eigenvalue weighted by molar-refractivity contribution is 7.89. The summed E-state index contributed by atoms with van der Waals surface area (Å²) in [4.78, 5) is 26.2. The van der Waals surface area contributed by atoms with Crippen LogP contribution < -0.4 is 14.9 Å². The van der Waals surface area contributed by atoms with Gasteiger partial charge in [0.2, 0.25) is 21.8 Å². The van der Waals surface area contributed by atoms with Crippen molar-refractivity contribution in [2.45, 2.75) is 11.3 Å². The third kappa shape index (κ3) is 4.72. The number of anilines is 1. The number of nitrogens with zero attached hydrogens (tertiary/aromatic N) is 1. The Kier molecular flexibility index (Phi) is 5.88. The van der Waals surface area contributed by atoms with Crippen molar-refractivity contribution in [1.82, 2.24) is 10.0 Å². The Bertz CT molecular complexity index is 901. The molecule has 0 aliphatic carbocycles. The summed E-state index contributed by atoms with van der Waals surface area (Å²) < 4.78 is 26.6. The summed E-state index contributed by atoms with van der Waals surface area (Å²) in [5, 5.41) is 2.70. The van der Waals surface area contributed by atoms with E-state index in [-0.39, 0.29) is 36.2 Å². The van der Waals surface area contributed by atoms with Crippen LogP contribution in [-0.4, -0.2) is 39.9 Å². The van der Waals surface area contributed by atoms with Gasteiger partial charge in [-0.2, -0.15) is 0 Å². The second kappa shape index (κ2) is 8.32. The number of sulfonamides is 1. The lowest BCUT2D eigenvalue weighted by molar-refractivity contribution is -0.126. The van der Waals surface area contributed by atoms with E-state index >= 15 is 0 Å². The highest BCUT2D eigenvalue weighted by Gasteiger charge is 2.34. The lowest BCUT2D eigenvalue weighted by Gasteiger charge is -2.16. The van der Waals surface area contributed by atoms with E-state index in [0.717, 1.165) is 5.69 Å². The van der Waals surface area contributed by atoms with E-state index in [1.54, 1.807) is 23.1 Å². The fraction of sp³-hybridized carbons (Fsp3) is 0.263. The smallest absolute Gasteiger partial charge is 0.240 e. The SMILES string of the molecule is O=C(NCCNS(=O)(=O)c1ccccc1)[C@@H]1CC(=O)N(c2ccccc2)C1. The van der Waals surface area contributed by atoms with Crippen molar-refractivity contribution >= 4 is 27.5 Å². The van der Waals surface area contributed by atoms with E-state index in [1.807, 2.05) is 30.3 Å². The van der Waals surface area contributed by atoms with Gasteiger partial charge in [-0.3, -0.25) is 9.59 Å². The minimum atomic E-state index is -3.59. The molecule has 0 aromatic heterocycles. The third-order valence-electron chi connectivity index (χ3n) is 4.33. The number of benzene rings is 2. The molecule has 0 bridgehead atoms. The number of amides is 2. The van der Waals surface area contributed by atoms with Gasteiger partial charge in [0, 0.05) is 31.7 Å². The maximum absolute atomic E-state index is 12.3. The molecular formula is C19H21N3O4S. The van der Waals surface area contributed by atoms with Gasteiger partial charge in [-0.25, -0.2) is 13.1 Å². The van der Waals surface area contributed by atoms with Crippen LogP contribution >= 0.6 is 0 Å². The van der Waals surface area contributed by atoms with E-state index < -0.39 is 15.9 Å². The van der Waals surface area contributed by atoms with E-state index in [2.05, 4.69) is 10.0 Å². The number of nitrogens with one attached hydrogen (secondary N) is 2. The van der Waals surface area contributed by atoms with E-state index in [4.69, 9.17) is 0 Å². The van der Waals surface area contributed by atoms with Crippen molar-refractivity contribution in [2.24, 2.45) is 5.92 Å². The highest BCUT2D eigenvalue weighted by Crippen LogP contribution is 2.24. The zero-order valence-corrected chi connectivity index (χ0v) is 15.5. The van der Waals surface area contributed by atoms with Gasteiger partial charge in [0.15, 0.2) is 0 Å². The first-order chi connectivity index (χ1) is 13.0. The van der Waals surface area contributed by atoms with Crippen LogP contribution in [0.25, 0.3) is 0 Å². The van der Waals surface area contributed by atoms with Crippen LogP contribution in [0.5, 0.6) is 0 Å². The monoisotopic (exact) mass is 387 g/mol. The molecule has 0 unspecified atom stereocenters. The first kappa shape index (κ1) is 19.1. The van der Waals surface area contributed by atoms with Gasteiger partial charge in [0.05, 0.1) is 10.8 Å². The quantitative estimate of drug-likeness (QED) is 0.697. The Balaban J connectivity index is 1.47. The molecule has 1 atom stereocenters. The normalized spacial score (nSPS) is 17.1. The molecule has 1 heterocycles. The van der Waals surface area contributed by atoms with Gasteiger partial charge in [-0.05, 0) is 24.3 Å². The number of hydrogen-bond acceptors (Lipinski definition) is 4. The molecule has 0 saturated carbocycles. The van der Waals surface area contributed by atoms with Crippen molar-refractivity contribution in [1.29, 1.82) is 0 Å². The fourth-order valence-electron chi connectivity index (χ4n) is 2.94. The maximum atomic E-state index is 12.3. The van der Waals surface area contributed by atoms with Crippen LogP contribution in [0.1, 0.15) is 6.42 Å². The first-order valence-corrected chi connectivity index (χ1v) is 10.1. The number of rotatable bonds is 7. The second-order valence-electron chi connectivity index (χ2n) is 6.24. The molecule has 142 valence electrons. The summed E-state index contributed by atoms with van der Waals surface area (Å²) in [5.74, 6) is -0.782. The Hall–Kier alpha value is -2.71. The molecule has 2 N–H and O–H groups in total. The molecule has 2 amide bonds. The largest absolute Gasteiger partial charge is 0.354 e. The summed E-state index contributed by atoms with van der Waals surface area (Å²) in [6, 6.07) is 17.2. The zero-order valence-electron chi connectivity index (χ0n) is 14.7. The summed E-state index contributed by atoms with van der Waals surface area (Å²) in [5.41, 5.74) is 0.772. The molecule has 8 heteroatoms. The van der Waals surface area contributed by atoms with Gasteiger partial charge in [0.1, 0.15) is 0 Å². The Morgan fingerprint density at radius 2 is 1.63 bits per heavy atom. The van der Waals surface area contributed by atoms with Crippen molar-refractivity contribution in [3.05, 3.63) is 60.7 Å². The number of hydrogen-bond donors (Lipinski definition) is 2. The van der Waals surface area contributed by atoms with Crippen molar-refractivity contribution in [3.8, 4) is 0 Å². The van der Waals surface area contributed by atoms with Gasteiger partial charge in [0.25, 0.3) is 0 Å². The van der Waals surface area contributed by atoms with Crippen molar-refractivity contribution in [2.75, 3.05) is 24.5 Å². The Labute approximate surface area is 158 Å². The van der Waals surface area contributed by atoms with Gasteiger partial charge in [-0.15, -0.1) is 0 Å². The first-order valence-electron chi connectivity index (χ1n) is 8.65. The minimum absolute atomic E-state index is 0.0754. The summed E-state index contributed by atoms with van der Waals surface area (Å²) in [6.45, 7) is 0.553. The molecule has 2 aromatic carbocycles. The predicted molar refractivity (Wildman–Crippen MR) is 102 cm³/mol. The number of para-hydroxylation sites is 1. The van der Waals surface area contributed by atoms with Gasteiger partial charge < -0.3 is 10.2 Å². The molecular weight excluding hydrogens is 366 g/mol. The number of carbonyl (C=O) groups excluding carboxylic acids is 2. The van der Waals surface area contributed by atoms with Crippen molar-refractivity contribution < 1.29 is 18.0 Å². The van der Waals surface area contributed by atoms with Crippen molar-refractivity contribution in [3.63, 3.8) is 0 Å². The van der Waals surface area contributed by atoms with E-state index in [0.29, 0.717) is 6.54 Å². The summed E-state index contributed by atoms with van der Waals surface area (Å²) >= 11 is 0. The van der Waals surface area contributed by atoms with E-state index in [9.17, 15) is 18.0 Å². The number of carbonyl (C=O) groups is 2. The molecule has 1 saturated heterocycles. The molecule has 1 aliphatic rings. The topological polar surface area (TPSA) is 95.6 Å². The highest BCUT2D eigenvalue weighted by atomic mass is 32.2. The zero-order chi connectivity index (χ0) is 19.3. The average molecular weight is 387 g/mol. The molecule has 1 aliphatic heterocycles. The third-order valence-corrected chi connectivity index (χ3v) is 5.81. The van der Waals surface area contributed by atoms with Crippen LogP contribution in [0.3, 0.4) is 0 Å². The predicted octanol–water partition coefficient (Wildman–Crippen LogP) is 1.13. The minimum Gasteiger partial charge on any atom is -0.354 e. The van der Waals surface area contributed by atoms with Crippen LogP contribution in [0.15, 0.2) is 65.6 Å². The standard InChI is InChI=1S/C19H21N3O4S/c23-18-13-15(14-22(18)16-7-3-1-4-8-16)19(24)20-11-12-21-27(25,26)17-9-5-2-6-10-17/h1-10,15,21H,11-14H2,(H,20,24)/t15-/m1/s1. The van der Waals surface area contributed by atoms with Gasteiger partial charge in [-0.1, -0.05) is 36.4 Å².